The normalized spacial score (nSPS) is 17.0. The molecule has 0 aliphatic carbocycles. The molecule has 106 valence electrons. The molecule has 1 aliphatic heterocycles. The van der Waals surface area contributed by atoms with E-state index in [0.717, 1.165) is 23.7 Å². The smallest absolute Gasteiger partial charge is 0.0991 e. The second-order valence-corrected chi connectivity index (χ2v) is 6.63. The molecule has 2 nitrogen and oxygen atoms in total. The van der Waals surface area contributed by atoms with E-state index in [1.807, 2.05) is 42.1 Å². The highest BCUT2D eigenvalue weighted by Crippen LogP contribution is 2.37. The highest BCUT2D eigenvalue weighted by atomic mass is 35.5. The van der Waals surface area contributed by atoms with Gasteiger partial charge in [-0.15, -0.1) is 11.8 Å². The van der Waals surface area contributed by atoms with Gasteiger partial charge in [0.05, 0.1) is 11.6 Å². The van der Waals surface area contributed by atoms with E-state index < -0.39 is 0 Å². The second kappa shape index (κ2) is 6.53. The molecule has 0 radical (unpaired) electrons. The zero-order valence-corrected chi connectivity index (χ0v) is 13.0. The van der Waals surface area contributed by atoms with Crippen LogP contribution >= 0.6 is 23.4 Å². The van der Waals surface area contributed by atoms with Crippen molar-refractivity contribution < 1.29 is 0 Å². The first-order chi connectivity index (χ1) is 10.3. The fourth-order valence-electron chi connectivity index (χ4n) is 2.52. The van der Waals surface area contributed by atoms with Gasteiger partial charge in [-0.2, -0.15) is 5.26 Å². The Kier molecular flexibility index (Phi) is 4.50. The van der Waals surface area contributed by atoms with Crippen molar-refractivity contribution in [2.24, 2.45) is 0 Å². The molecule has 2 aromatic carbocycles. The van der Waals surface area contributed by atoms with Crippen LogP contribution in [0.5, 0.6) is 0 Å². The fraction of sp³-hybridized carbons (Fsp3) is 0.235. The van der Waals surface area contributed by atoms with Crippen molar-refractivity contribution in [3.8, 4) is 6.07 Å². The van der Waals surface area contributed by atoms with Crippen molar-refractivity contribution in [2.75, 3.05) is 5.75 Å². The summed E-state index contributed by atoms with van der Waals surface area (Å²) < 4.78 is 0. The van der Waals surface area contributed by atoms with Gasteiger partial charge < -0.3 is 5.32 Å². The molecule has 4 heteroatoms. The van der Waals surface area contributed by atoms with E-state index in [-0.39, 0.29) is 0 Å². The van der Waals surface area contributed by atoms with Crippen molar-refractivity contribution in [3.05, 3.63) is 64.2 Å². The van der Waals surface area contributed by atoms with Crippen molar-refractivity contribution in [3.63, 3.8) is 0 Å². The summed E-state index contributed by atoms with van der Waals surface area (Å²) in [7, 11) is 0. The molecule has 21 heavy (non-hydrogen) atoms. The number of hydrogen-bond donors (Lipinski definition) is 1. The van der Waals surface area contributed by atoms with Crippen LogP contribution in [-0.4, -0.2) is 5.75 Å². The first kappa shape index (κ1) is 14.5. The van der Waals surface area contributed by atoms with Crippen molar-refractivity contribution in [1.82, 2.24) is 5.32 Å². The molecule has 0 saturated carbocycles. The molecule has 1 unspecified atom stereocenters. The fourth-order valence-corrected chi connectivity index (χ4v) is 3.80. The minimum atomic E-state index is 0.343. The molecular weight excluding hydrogens is 300 g/mol. The number of nitrogens with zero attached hydrogens (tertiary/aromatic N) is 1. The molecule has 1 aliphatic rings. The average Bonchev–Trinajstić information content (AvgIpc) is 2.53. The van der Waals surface area contributed by atoms with Crippen LogP contribution < -0.4 is 5.32 Å². The first-order valence-corrected chi connectivity index (χ1v) is 8.27. The summed E-state index contributed by atoms with van der Waals surface area (Å²) in [6.07, 6.45) is 1.11. The van der Waals surface area contributed by atoms with Gasteiger partial charge >= 0.3 is 0 Å². The molecule has 3 rings (SSSR count). The Balaban J connectivity index is 1.71. The number of benzene rings is 2. The Hall–Kier alpha value is -1.47. The standard InChI is InChI=1S/C17H15ClN2S/c18-14-5-6-17-15(9-14)16(7-8-21-17)20-11-13-3-1-12(10-19)2-4-13/h1-6,9,16,20H,7-8,11H2. The van der Waals surface area contributed by atoms with Crippen LogP contribution in [-0.2, 0) is 6.54 Å². The Morgan fingerprint density at radius 3 is 2.81 bits per heavy atom. The summed E-state index contributed by atoms with van der Waals surface area (Å²) in [5, 5.41) is 13.2. The number of rotatable bonds is 3. The number of thioether (sulfide) groups is 1. The van der Waals surface area contributed by atoms with Gasteiger partial charge in [-0.25, -0.2) is 0 Å². The van der Waals surface area contributed by atoms with Crippen LogP contribution in [0.4, 0.5) is 0 Å². The van der Waals surface area contributed by atoms with Gasteiger partial charge in [0.15, 0.2) is 0 Å². The monoisotopic (exact) mass is 314 g/mol. The highest BCUT2D eigenvalue weighted by Gasteiger charge is 2.20. The lowest BCUT2D eigenvalue weighted by atomic mass is 10.0. The SMILES string of the molecule is N#Cc1ccc(CNC2CCSc3ccc(Cl)cc32)cc1. The Labute approximate surface area is 134 Å². The van der Waals surface area contributed by atoms with Crippen molar-refractivity contribution >= 4 is 23.4 Å². The molecule has 1 atom stereocenters. The lowest BCUT2D eigenvalue weighted by molar-refractivity contribution is 0.510. The summed E-state index contributed by atoms with van der Waals surface area (Å²) in [6, 6.07) is 16.3. The third-order valence-electron chi connectivity index (χ3n) is 3.65. The number of halogens is 1. The lowest BCUT2D eigenvalue weighted by Crippen LogP contribution is -2.24. The van der Waals surface area contributed by atoms with E-state index in [0.29, 0.717) is 11.6 Å². The van der Waals surface area contributed by atoms with E-state index in [1.54, 1.807) is 0 Å². The van der Waals surface area contributed by atoms with Crippen molar-refractivity contribution in [1.29, 1.82) is 5.26 Å². The van der Waals surface area contributed by atoms with E-state index in [9.17, 15) is 0 Å². The number of hydrogen-bond acceptors (Lipinski definition) is 3. The first-order valence-electron chi connectivity index (χ1n) is 6.91. The Morgan fingerprint density at radius 1 is 1.24 bits per heavy atom. The molecule has 2 aromatic rings. The minimum Gasteiger partial charge on any atom is -0.306 e. The summed E-state index contributed by atoms with van der Waals surface area (Å²) in [5.74, 6) is 1.12. The average molecular weight is 315 g/mol. The molecule has 0 bridgehead atoms. The van der Waals surface area contributed by atoms with E-state index >= 15 is 0 Å². The molecule has 0 fully saturated rings. The Bertz CT molecular complexity index is 676. The minimum absolute atomic E-state index is 0.343. The molecular formula is C17H15ClN2S. The van der Waals surface area contributed by atoms with Crippen LogP contribution in [0.3, 0.4) is 0 Å². The van der Waals surface area contributed by atoms with Gasteiger partial charge in [-0.1, -0.05) is 23.7 Å². The maximum absolute atomic E-state index is 8.82. The zero-order valence-electron chi connectivity index (χ0n) is 11.5. The second-order valence-electron chi connectivity index (χ2n) is 5.06. The van der Waals surface area contributed by atoms with Crippen LogP contribution in [0.1, 0.15) is 29.2 Å². The van der Waals surface area contributed by atoms with Crippen LogP contribution in [0.2, 0.25) is 5.02 Å². The molecule has 0 aromatic heterocycles. The summed E-state index contributed by atoms with van der Waals surface area (Å²) in [4.78, 5) is 1.32. The van der Waals surface area contributed by atoms with E-state index in [4.69, 9.17) is 16.9 Å². The maximum Gasteiger partial charge on any atom is 0.0991 e. The molecule has 1 N–H and O–H groups in total. The van der Waals surface area contributed by atoms with Gasteiger partial charge in [0, 0.05) is 22.5 Å². The van der Waals surface area contributed by atoms with Crippen LogP contribution in [0.25, 0.3) is 0 Å². The quantitative estimate of drug-likeness (QED) is 0.903. The van der Waals surface area contributed by atoms with E-state index in [1.165, 1.54) is 16.0 Å². The largest absolute Gasteiger partial charge is 0.306 e. The summed E-state index contributed by atoms with van der Waals surface area (Å²) in [6.45, 7) is 0.799. The van der Waals surface area contributed by atoms with E-state index in [2.05, 4.69) is 23.5 Å². The van der Waals surface area contributed by atoms with Gasteiger partial charge in [0.1, 0.15) is 0 Å². The molecule has 0 amide bonds. The molecule has 0 saturated heterocycles. The third kappa shape index (κ3) is 3.41. The topological polar surface area (TPSA) is 35.8 Å². The van der Waals surface area contributed by atoms with Gasteiger partial charge in [-0.05, 0) is 53.6 Å². The van der Waals surface area contributed by atoms with Gasteiger partial charge in [-0.3, -0.25) is 0 Å². The van der Waals surface area contributed by atoms with Crippen molar-refractivity contribution in [2.45, 2.75) is 23.9 Å². The van der Waals surface area contributed by atoms with Gasteiger partial charge in [0.2, 0.25) is 0 Å². The number of fused-ring (bicyclic) bond motifs is 1. The Morgan fingerprint density at radius 2 is 2.05 bits per heavy atom. The van der Waals surface area contributed by atoms with Crippen LogP contribution in [0, 0.1) is 11.3 Å². The zero-order chi connectivity index (χ0) is 14.7. The third-order valence-corrected chi connectivity index (χ3v) is 5.00. The number of nitriles is 1. The molecule has 1 heterocycles. The number of nitrogens with one attached hydrogen (secondary N) is 1. The summed E-state index contributed by atoms with van der Waals surface area (Å²) >= 11 is 8.02. The predicted molar refractivity (Wildman–Crippen MR) is 87.5 cm³/mol. The van der Waals surface area contributed by atoms with Gasteiger partial charge in [0.25, 0.3) is 0 Å². The highest BCUT2D eigenvalue weighted by molar-refractivity contribution is 7.99. The lowest BCUT2D eigenvalue weighted by Gasteiger charge is -2.26. The molecule has 0 spiro atoms. The maximum atomic E-state index is 8.82. The van der Waals surface area contributed by atoms with Crippen LogP contribution in [0.15, 0.2) is 47.4 Å². The predicted octanol–water partition coefficient (Wildman–Crippen LogP) is 4.54. The summed E-state index contributed by atoms with van der Waals surface area (Å²) in [5.41, 5.74) is 3.19.